The normalized spacial score (nSPS) is 25.2. The first-order valence-electron chi connectivity index (χ1n) is 8.95. The van der Waals surface area contributed by atoms with Gasteiger partial charge in [-0.25, -0.2) is 0 Å². The van der Waals surface area contributed by atoms with Crippen molar-refractivity contribution in [2.24, 2.45) is 0 Å². The van der Waals surface area contributed by atoms with E-state index in [0.29, 0.717) is 19.0 Å². The second-order valence-corrected chi connectivity index (χ2v) is 6.37. The van der Waals surface area contributed by atoms with E-state index in [4.69, 9.17) is 23.7 Å². The van der Waals surface area contributed by atoms with Crippen LogP contribution in [0.2, 0.25) is 0 Å². The molecule has 1 aliphatic heterocycles. The Morgan fingerprint density at radius 3 is 1.78 bits per heavy atom. The Hall–Kier alpha value is -2.18. The van der Waals surface area contributed by atoms with Gasteiger partial charge >= 0.3 is 0 Å². The fraction of sp³-hybridized carbons (Fsp3) is 0.364. The minimum atomic E-state index is -0.617. The van der Waals surface area contributed by atoms with Crippen LogP contribution in [0, 0.1) is 0 Å². The summed E-state index contributed by atoms with van der Waals surface area (Å²) in [6.45, 7) is 4.81. The zero-order valence-corrected chi connectivity index (χ0v) is 15.7. The molecule has 2 aromatic carbocycles. The van der Waals surface area contributed by atoms with E-state index >= 15 is 0 Å². The number of rotatable bonds is 8. The third kappa shape index (κ3) is 4.96. The lowest BCUT2D eigenvalue weighted by atomic mass is 10.0. The van der Waals surface area contributed by atoms with E-state index in [0.717, 1.165) is 11.1 Å². The minimum Gasteiger partial charge on any atom is -0.464 e. The van der Waals surface area contributed by atoms with Gasteiger partial charge in [-0.15, -0.1) is 0 Å². The molecule has 0 aliphatic carbocycles. The van der Waals surface area contributed by atoms with Crippen LogP contribution < -0.4 is 0 Å². The van der Waals surface area contributed by atoms with Gasteiger partial charge in [0.05, 0.1) is 13.2 Å². The first kappa shape index (κ1) is 19.6. The third-order valence-electron chi connectivity index (χ3n) is 4.53. The number of ether oxygens (including phenoxy) is 5. The van der Waals surface area contributed by atoms with Gasteiger partial charge in [0, 0.05) is 14.2 Å². The molecular formula is C22H26O5. The molecule has 0 radical (unpaired) electrons. The fourth-order valence-corrected chi connectivity index (χ4v) is 3.13. The lowest BCUT2D eigenvalue weighted by Crippen LogP contribution is -2.55. The molecular weight excluding hydrogens is 344 g/mol. The first-order valence-corrected chi connectivity index (χ1v) is 8.95. The highest BCUT2D eigenvalue weighted by Gasteiger charge is 2.45. The van der Waals surface area contributed by atoms with Crippen molar-refractivity contribution in [3.8, 4) is 0 Å². The van der Waals surface area contributed by atoms with Gasteiger partial charge in [-0.2, -0.15) is 0 Å². The summed E-state index contributed by atoms with van der Waals surface area (Å²) < 4.78 is 29.2. The van der Waals surface area contributed by atoms with Crippen molar-refractivity contribution in [1.82, 2.24) is 0 Å². The lowest BCUT2D eigenvalue weighted by Gasteiger charge is -2.42. The van der Waals surface area contributed by atoms with Crippen LogP contribution >= 0.6 is 0 Å². The van der Waals surface area contributed by atoms with Crippen molar-refractivity contribution in [2.75, 3.05) is 14.2 Å². The van der Waals surface area contributed by atoms with Crippen molar-refractivity contribution in [3.63, 3.8) is 0 Å². The van der Waals surface area contributed by atoms with Crippen LogP contribution in [0.15, 0.2) is 73.0 Å². The van der Waals surface area contributed by atoms with E-state index in [1.807, 2.05) is 60.7 Å². The Morgan fingerprint density at radius 2 is 1.30 bits per heavy atom. The van der Waals surface area contributed by atoms with Crippen molar-refractivity contribution in [3.05, 3.63) is 84.1 Å². The van der Waals surface area contributed by atoms with Crippen molar-refractivity contribution < 1.29 is 23.7 Å². The van der Waals surface area contributed by atoms with Gasteiger partial charge < -0.3 is 23.7 Å². The summed E-state index contributed by atoms with van der Waals surface area (Å²) in [7, 11) is 3.19. The van der Waals surface area contributed by atoms with Crippen LogP contribution in [0.4, 0.5) is 0 Å². The molecule has 27 heavy (non-hydrogen) atoms. The van der Waals surface area contributed by atoms with E-state index in [1.165, 1.54) is 0 Å². The van der Waals surface area contributed by atoms with Crippen LogP contribution in [-0.2, 0) is 36.9 Å². The first-order chi connectivity index (χ1) is 13.2. The second kappa shape index (κ2) is 9.67. The van der Waals surface area contributed by atoms with E-state index in [-0.39, 0.29) is 0 Å². The largest absolute Gasteiger partial charge is 0.464 e. The summed E-state index contributed by atoms with van der Waals surface area (Å²) in [5.41, 5.74) is 2.13. The van der Waals surface area contributed by atoms with Gasteiger partial charge in [-0.05, 0) is 11.1 Å². The van der Waals surface area contributed by atoms with Crippen molar-refractivity contribution in [1.29, 1.82) is 0 Å². The molecule has 1 aliphatic rings. The maximum atomic E-state index is 6.21. The van der Waals surface area contributed by atoms with E-state index in [1.54, 1.807) is 14.2 Å². The topological polar surface area (TPSA) is 46.2 Å². The molecule has 2 aromatic rings. The summed E-state index contributed by atoms with van der Waals surface area (Å²) in [6.07, 6.45) is -1.94. The quantitative estimate of drug-likeness (QED) is 0.709. The molecule has 0 bridgehead atoms. The Bertz CT molecular complexity index is 703. The van der Waals surface area contributed by atoms with Gasteiger partial charge in [0.15, 0.2) is 0 Å². The van der Waals surface area contributed by atoms with Gasteiger partial charge in [0.25, 0.3) is 0 Å². The predicted molar refractivity (Wildman–Crippen MR) is 102 cm³/mol. The molecule has 1 heterocycles. The zero-order chi connectivity index (χ0) is 19.1. The predicted octanol–water partition coefficient (Wildman–Crippen LogP) is 3.69. The second-order valence-electron chi connectivity index (χ2n) is 6.37. The zero-order valence-electron chi connectivity index (χ0n) is 15.7. The van der Waals surface area contributed by atoms with Crippen LogP contribution in [-0.4, -0.2) is 38.8 Å². The Balaban J connectivity index is 1.76. The van der Waals surface area contributed by atoms with Crippen LogP contribution in [0.5, 0.6) is 0 Å². The summed E-state index contributed by atoms with van der Waals surface area (Å²) in [5, 5.41) is 0. The SMILES string of the molecule is C=C1O[C@H](OC)[C@H](OCc2ccccc2)[C@@H](OCc2ccccc2)[C@@H]1OC. The summed E-state index contributed by atoms with van der Waals surface area (Å²) in [6, 6.07) is 19.9. The van der Waals surface area contributed by atoms with Crippen LogP contribution in [0.25, 0.3) is 0 Å². The molecule has 1 saturated heterocycles. The maximum Gasteiger partial charge on any atom is 0.228 e. The van der Waals surface area contributed by atoms with Crippen molar-refractivity contribution in [2.45, 2.75) is 37.8 Å². The fourth-order valence-electron chi connectivity index (χ4n) is 3.13. The summed E-state index contributed by atoms with van der Waals surface area (Å²) in [5.74, 6) is 0.474. The highest BCUT2D eigenvalue weighted by Crippen LogP contribution is 2.30. The highest BCUT2D eigenvalue weighted by molar-refractivity contribution is 5.15. The highest BCUT2D eigenvalue weighted by atomic mass is 16.7. The smallest absolute Gasteiger partial charge is 0.228 e. The molecule has 0 unspecified atom stereocenters. The average Bonchev–Trinajstić information content (AvgIpc) is 2.72. The average molecular weight is 370 g/mol. The Morgan fingerprint density at radius 1 is 0.778 bits per heavy atom. The van der Waals surface area contributed by atoms with Crippen LogP contribution in [0.1, 0.15) is 11.1 Å². The Kier molecular flexibility index (Phi) is 7.01. The Labute approximate surface area is 160 Å². The van der Waals surface area contributed by atoms with Gasteiger partial charge in [0.2, 0.25) is 6.29 Å². The van der Waals surface area contributed by atoms with E-state index < -0.39 is 24.6 Å². The molecule has 3 rings (SSSR count). The van der Waals surface area contributed by atoms with Gasteiger partial charge in [0.1, 0.15) is 24.1 Å². The molecule has 4 atom stereocenters. The van der Waals surface area contributed by atoms with E-state index in [9.17, 15) is 0 Å². The number of hydrogen-bond acceptors (Lipinski definition) is 5. The molecule has 5 heteroatoms. The molecule has 0 spiro atoms. The lowest BCUT2D eigenvalue weighted by molar-refractivity contribution is -0.266. The molecule has 144 valence electrons. The standard InChI is InChI=1S/C22H26O5/c1-16-19(23-2)20(25-14-17-10-6-4-7-11-17)21(22(24-3)27-16)26-15-18-12-8-5-9-13-18/h4-13,19-22H,1,14-15H2,2-3H3/t19-,20+,21-,22+/m1/s1. The molecule has 0 saturated carbocycles. The molecule has 0 amide bonds. The molecule has 1 fully saturated rings. The number of benzene rings is 2. The number of methoxy groups -OCH3 is 2. The molecule has 5 nitrogen and oxygen atoms in total. The maximum absolute atomic E-state index is 6.21. The summed E-state index contributed by atoms with van der Waals surface area (Å²) >= 11 is 0. The van der Waals surface area contributed by atoms with E-state index in [2.05, 4.69) is 6.58 Å². The number of hydrogen-bond donors (Lipinski definition) is 0. The van der Waals surface area contributed by atoms with Crippen molar-refractivity contribution >= 4 is 0 Å². The van der Waals surface area contributed by atoms with Gasteiger partial charge in [-0.1, -0.05) is 67.2 Å². The third-order valence-corrected chi connectivity index (χ3v) is 4.53. The monoisotopic (exact) mass is 370 g/mol. The molecule has 0 aromatic heterocycles. The molecule has 0 N–H and O–H groups in total. The van der Waals surface area contributed by atoms with Gasteiger partial charge in [-0.3, -0.25) is 0 Å². The summed E-state index contributed by atoms with van der Waals surface area (Å²) in [4.78, 5) is 0. The minimum absolute atomic E-state index is 0.412. The van der Waals surface area contributed by atoms with Crippen LogP contribution in [0.3, 0.4) is 0 Å².